The molecule has 0 bridgehead atoms. The molecule has 100 valence electrons. The highest BCUT2D eigenvalue weighted by Gasteiger charge is 2.47. The number of aliphatic hydroxyl groups excluding tert-OH is 1. The maximum atomic E-state index is 9.13. The van der Waals surface area contributed by atoms with Crippen molar-refractivity contribution in [2.75, 3.05) is 0 Å². The summed E-state index contributed by atoms with van der Waals surface area (Å²) in [6.07, 6.45) is 0.894. The van der Waals surface area contributed by atoms with Gasteiger partial charge >= 0.3 is 0 Å². The Bertz CT molecular complexity index is 424. The van der Waals surface area contributed by atoms with Crippen LogP contribution in [0.3, 0.4) is 0 Å². The second-order valence-electron chi connectivity index (χ2n) is 6.08. The van der Waals surface area contributed by atoms with Gasteiger partial charge in [-0.1, -0.05) is 12.1 Å². The van der Waals surface area contributed by atoms with Gasteiger partial charge < -0.3 is 14.6 Å². The minimum absolute atomic E-state index is 0.0291. The van der Waals surface area contributed by atoms with Crippen LogP contribution in [0.2, 0.25) is 0 Å². The molecule has 2 rings (SSSR count). The van der Waals surface area contributed by atoms with E-state index in [1.54, 1.807) is 0 Å². The molecule has 18 heavy (non-hydrogen) atoms. The van der Waals surface area contributed by atoms with Crippen LogP contribution in [0.5, 0.6) is 5.75 Å². The SMILES string of the molecule is CC1(C)CC(Oc2cccc(CO)c2)C(C)(C)O1. The van der Waals surface area contributed by atoms with Gasteiger partial charge in [0.2, 0.25) is 0 Å². The number of aliphatic hydroxyl groups is 1. The van der Waals surface area contributed by atoms with Gasteiger partial charge in [0, 0.05) is 6.42 Å². The summed E-state index contributed by atoms with van der Waals surface area (Å²) in [6.45, 7) is 8.32. The second kappa shape index (κ2) is 4.56. The molecule has 1 unspecified atom stereocenters. The standard InChI is InChI=1S/C15H22O3/c1-14(2)9-13(15(3,4)18-14)17-12-7-5-6-11(8-12)10-16/h5-8,13,16H,9-10H2,1-4H3. The van der Waals surface area contributed by atoms with Gasteiger partial charge in [-0.3, -0.25) is 0 Å². The van der Waals surface area contributed by atoms with Crippen LogP contribution in [0.25, 0.3) is 0 Å². The molecule has 1 aliphatic heterocycles. The van der Waals surface area contributed by atoms with Gasteiger partial charge in [0.1, 0.15) is 17.5 Å². The van der Waals surface area contributed by atoms with E-state index in [2.05, 4.69) is 27.7 Å². The molecular weight excluding hydrogens is 228 g/mol. The molecule has 1 aromatic rings. The maximum absolute atomic E-state index is 9.13. The summed E-state index contributed by atoms with van der Waals surface area (Å²) in [5, 5.41) is 9.13. The van der Waals surface area contributed by atoms with Gasteiger partial charge in [-0.25, -0.2) is 0 Å². The highest BCUT2D eigenvalue weighted by atomic mass is 16.6. The predicted molar refractivity (Wildman–Crippen MR) is 70.6 cm³/mol. The Morgan fingerprint density at radius 3 is 2.61 bits per heavy atom. The lowest BCUT2D eigenvalue weighted by Crippen LogP contribution is -2.36. The smallest absolute Gasteiger partial charge is 0.130 e. The normalized spacial score (nSPS) is 25.1. The summed E-state index contributed by atoms with van der Waals surface area (Å²) in [6, 6.07) is 7.57. The van der Waals surface area contributed by atoms with Crippen LogP contribution in [-0.4, -0.2) is 22.4 Å². The minimum atomic E-state index is -0.293. The fourth-order valence-electron chi connectivity index (χ4n) is 2.58. The Labute approximate surface area is 109 Å². The van der Waals surface area contributed by atoms with Gasteiger partial charge in [0.15, 0.2) is 0 Å². The van der Waals surface area contributed by atoms with Gasteiger partial charge in [-0.15, -0.1) is 0 Å². The fourth-order valence-corrected chi connectivity index (χ4v) is 2.58. The highest BCUT2D eigenvalue weighted by Crippen LogP contribution is 2.39. The van der Waals surface area contributed by atoms with Crippen molar-refractivity contribution in [3.8, 4) is 5.75 Å². The molecule has 3 heteroatoms. The van der Waals surface area contributed by atoms with E-state index in [9.17, 15) is 0 Å². The quantitative estimate of drug-likeness (QED) is 0.896. The molecular formula is C15H22O3. The zero-order chi connectivity index (χ0) is 13.4. The molecule has 1 saturated heterocycles. The summed E-state index contributed by atoms with van der Waals surface area (Å²) in [5.41, 5.74) is 0.421. The third-order valence-corrected chi connectivity index (χ3v) is 3.35. The zero-order valence-corrected chi connectivity index (χ0v) is 11.6. The third-order valence-electron chi connectivity index (χ3n) is 3.35. The van der Waals surface area contributed by atoms with Crippen molar-refractivity contribution in [1.29, 1.82) is 0 Å². The van der Waals surface area contributed by atoms with Gasteiger partial charge in [0.05, 0.1) is 12.2 Å². The summed E-state index contributed by atoms with van der Waals surface area (Å²) >= 11 is 0. The first kappa shape index (κ1) is 13.4. The highest BCUT2D eigenvalue weighted by molar-refractivity contribution is 5.28. The van der Waals surface area contributed by atoms with Gasteiger partial charge in [0.25, 0.3) is 0 Å². The van der Waals surface area contributed by atoms with Gasteiger partial charge in [-0.05, 0) is 45.4 Å². The Morgan fingerprint density at radius 1 is 1.33 bits per heavy atom. The van der Waals surface area contributed by atoms with Crippen molar-refractivity contribution in [2.45, 2.75) is 58.0 Å². The lowest BCUT2D eigenvalue weighted by Gasteiger charge is -2.27. The van der Waals surface area contributed by atoms with E-state index < -0.39 is 0 Å². The second-order valence-corrected chi connectivity index (χ2v) is 6.08. The van der Waals surface area contributed by atoms with Crippen molar-refractivity contribution in [3.05, 3.63) is 29.8 Å². The van der Waals surface area contributed by atoms with Crippen LogP contribution in [0.1, 0.15) is 39.7 Å². The van der Waals surface area contributed by atoms with E-state index in [4.69, 9.17) is 14.6 Å². The van der Waals surface area contributed by atoms with Crippen LogP contribution >= 0.6 is 0 Å². The maximum Gasteiger partial charge on any atom is 0.130 e. The number of hydrogen-bond donors (Lipinski definition) is 1. The zero-order valence-electron chi connectivity index (χ0n) is 11.6. The van der Waals surface area contributed by atoms with Crippen molar-refractivity contribution in [2.24, 2.45) is 0 Å². The Kier molecular flexibility index (Phi) is 3.39. The molecule has 1 aliphatic rings. The summed E-state index contributed by atoms with van der Waals surface area (Å²) < 4.78 is 12.0. The van der Waals surface area contributed by atoms with Crippen LogP contribution in [-0.2, 0) is 11.3 Å². The molecule has 0 aliphatic carbocycles. The first-order valence-electron chi connectivity index (χ1n) is 6.39. The molecule has 0 spiro atoms. The molecule has 1 atom stereocenters. The van der Waals surface area contributed by atoms with Crippen LogP contribution in [0.15, 0.2) is 24.3 Å². The Morgan fingerprint density at radius 2 is 2.06 bits per heavy atom. The van der Waals surface area contributed by atoms with Crippen molar-refractivity contribution >= 4 is 0 Å². The van der Waals surface area contributed by atoms with E-state index >= 15 is 0 Å². The largest absolute Gasteiger partial charge is 0.487 e. The van der Waals surface area contributed by atoms with Crippen molar-refractivity contribution in [3.63, 3.8) is 0 Å². The Hall–Kier alpha value is -1.06. The molecule has 0 saturated carbocycles. The first-order valence-corrected chi connectivity index (χ1v) is 6.39. The monoisotopic (exact) mass is 250 g/mol. The van der Waals surface area contributed by atoms with E-state index in [1.807, 2.05) is 24.3 Å². The van der Waals surface area contributed by atoms with Crippen LogP contribution < -0.4 is 4.74 Å². The van der Waals surface area contributed by atoms with E-state index in [0.717, 1.165) is 17.7 Å². The topological polar surface area (TPSA) is 38.7 Å². The molecule has 3 nitrogen and oxygen atoms in total. The number of ether oxygens (including phenoxy) is 2. The Balaban J connectivity index is 2.13. The average molecular weight is 250 g/mol. The number of rotatable bonds is 3. The van der Waals surface area contributed by atoms with Crippen LogP contribution in [0.4, 0.5) is 0 Å². The van der Waals surface area contributed by atoms with Crippen molar-refractivity contribution in [1.82, 2.24) is 0 Å². The van der Waals surface area contributed by atoms with E-state index in [0.29, 0.717) is 0 Å². The molecule has 1 aromatic carbocycles. The third kappa shape index (κ3) is 2.85. The summed E-state index contributed by atoms with van der Waals surface area (Å²) in [5.74, 6) is 0.793. The lowest BCUT2D eigenvalue weighted by molar-refractivity contribution is -0.0846. The number of hydrogen-bond acceptors (Lipinski definition) is 3. The molecule has 0 amide bonds. The molecule has 1 heterocycles. The van der Waals surface area contributed by atoms with Crippen LogP contribution in [0, 0.1) is 0 Å². The van der Waals surface area contributed by atoms with E-state index in [1.165, 1.54) is 0 Å². The molecule has 0 aromatic heterocycles. The predicted octanol–water partition coefficient (Wildman–Crippen LogP) is 2.90. The summed E-state index contributed by atoms with van der Waals surface area (Å²) in [4.78, 5) is 0. The fraction of sp³-hybridized carbons (Fsp3) is 0.600. The molecule has 0 radical (unpaired) electrons. The lowest BCUT2D eigenvalue weighted by atomic mass is 9.97. The minimum Gasteiger partial charge on any atom is -0.487 e. The average Bonchev–Trinajstić information content (AvgIpc) is 2.47. The van der Waals surface area contributed by atoms with Crippen molar-refractivity contribution < 1.29 is 14.6 Å². The molecule has 1 fully saturated rings. The number of benzene rings is 1. The first-order chi connectivity index (χ1) is 8.32. The molecule has 1 N–H and O–H groups in total. The van der Waals surface area contributed by atoms with E-state index in [-0.39, 0.29) is 23.9 Å². The van der Waals surface area contributed by atoms with Gasteiger partial charge in [-0.2, -0.15) is 0 Å². The summed E-state index contributed by atoms with van der Waals surface area (Å²) in [7, 11) is 0.